The molecule has 1 aromatic heterocycles. The van der Waals surface area contributed by atoms with Gasteiger partial charge in [-0.1, -0.05) is 25.1 Å². The molecule has 0 aliphatic heterocycles. The summed E-state index contributed by atoms with van der Waals surface area (Å²) in [7, 11) is 0. The SMILES string of the molecule is CCC(N)Cc1ccccc1OCc1ccn(C(C)C)n1. The first kappa shape index (κ1) is 15.6. The Balaban J connectivity index is 2.02. The zero-order chi connectivity index (χ0) is 15.2. The Labute approximate surface area is 126 Å². The standard InChI is InChI=1S/C17H25N3O/c1-4-15(18)11-14-7-5-6-8-17(14)21-12-16-9-10-20(19-16)13(2)3/h5-10,13,15H,4,11-12,18H2,1-3H3. The van der Waals surface area contributed by atoms with Crippen molar-refractivity contribution in [1.29, 1.82) is 0 Å². The number of rotatable bonds is 7. The van der Waals surface area contributed by atoms with Crippen LogP contribution in [0, 0.1) is 0 Å². The van der Waals surface area contributed by atoms with Crippen molar-refractivity contribution in [3.63, 3.8) is 0 Å². The molecule has 2 rings (SSSR count). The molecule has 0 aliphatic rings. The van der Waals surface area contributed by atoms with E-state index in [0.29, 0.717) is 12.6 Å². The fourth-order valence-corrected chi connectivity index (χ4v) is 2.13. The van der Waals surface area contributed by atoms with Crippen molar-refractivity contribution >= 4 is 0 Å². The van der Waals surface area contributed by atoms with Crippen molar-refractivity contribution in [2.45, 2.75) is 52.3 Å². The van der Waals surface area contributed by atoms with E-state index in [1.807, 2.05) is 35.1 Å². The van der Waals surface area contributed by atoms with Gasteiger partial charge >= 0.3 is 0 Å². The third-order valence-electron chi connectivity index (χ3n) is 3.55. The van der Waals surface area contributed by atoms with Crippen molar-refractivity contribution in [2.24, 2.45) is 5.73 Å². The van der Waals surface area contributed by atoms with Crippen LogP contribution >= 0.6 is 0 Å². The lowest BCUT2D eigenvalue weighted by Gasteiger charge is -2.13. The first-order chi connectivity index (χ1) is 10.1. The van der Waals surface area contributed by atoms with Crippen LogP contribution in [-0.2, 0) is 13.0 Å². The first-order valence-electron chi connectivity index (χ1n) is 7.60. The molecule has 1 aromatic carbocycles. The van der Waals surface area contributed by atoms with Gasteiger partial charge in [0.2, 0.25) is 0 Å². The predicted octanol–water partition coefficient (Wildman–Crippen LogP) is 3.32. The molecule has 0 bridgehead atoms. The van der Waals surface area contributed by atoms with Gasteiger partial charge < -0.3 is 10.5 Å². The summed E-state index contributed by atoms with van der Waals surface area (Å²) in [5.74, 6) is 0.903. The molecular weight excluding hydrogens is 262 g/mol. The van der Waals surface area contributed by atoms with Crippen LogP contribution in [-0.4, -0.2) is 15.8 Å². The van der Waals surface area contributed by atoms with Gasteiger partial charge in [-0.15, -0.1) is 0 Å². The van der Waals surface area contributed by atoms with E-state index in [1.165, 1.54) is 0 Å². The maximum absolute atomic E-state index is 6.05. The molecule has 0 spiro atoms. The fourth-order valence-electron chi connectivity index (χ4n) is 2.13. The molecule has 0 saturated heterocycles. The number of para-hydroxylation sites is 1. The van der Waals surface area contributed by atoms with Gasteiger partial charge in [0.1, 0.15) is 12.4 Å². The number of benzene rings is 1. The Morgan fingerprint density at radius 2 is 2.00 bits per heavy atom. The fraction of sp³-hybridized carbons (Fsp3) is 0.471. The number of aromatic nitrogens is 2. The van der Waals surface area contributed by atoms with Gasteiger partial charge in [-0.3, -0.25) is 4.68 Å². The largest absolute Gasteiger partial charge is 0.487 e. The van der Waals surface area contributed by atoms with Crippen molar-refractivity contribution in [3.05, 3.63) is 47.8 Å². The van der Waals surface area contributed by atoms with Crippen LogP contribution in [0.5, 0.6) is 5.75 Å². The Kier molecular flexibility index (Phi) is 5.39. The minimum absolute atomic E-state index is 0.176. The Hall–Kier alpha value is -1.81. The second kappa shape index (κ2) is 7.27. The summed E-state index contributed by atoms with van der Waals surface area (Å²) in [6, 6.07) is 10.6. The van der Waals surface area contributed by atoms with Gasteiger partial charge in [0.05, 0.1) is 5.69 Å². The maximum Gasteiger partial charge on any atom is 0.132 e. The monoisotopic (exact) mass is 287 g/mol. The van der Waals surface area contributed by atoms with E-state index in [2.05, 4.69) is 31.9 Å². The lowest BCUT2D eigenvalue weighted by atomic mass is 10.0. The molecular formula is C17H25N3O. The average molecular weight is 287 g/mol. The summed E-state index contributed by atoms with van der Waals surface area (Å²) >= 11 is 0. The summed E-state index contributed by atoms with van der Waals surface area (Å²) in [5, 5.41) is 4.50. The van der Waals surface area contributed by atoms with Gasteiger partial charge in [-0.05, 0) is 44.4 Å². The van der Waals surface area contributed by atoms with E-state index >= 15 is 0 Å². The number of hydrogen-bond acceptors (Lipinski definition) is 3. The molecule has 1 unspecified atom stereocenters. The minimum atomic E-state index is 0.176. The zero-order valence-corrected chi connectivity index (χ0v) is 13.1. The number of hydrogen-bond donors (Lipinski definition) is 1. The summed E-state index contributed by atoms with van der Waals surface area (Å²) < 4.78 is 7.87. The van der Waals surface area contributed by atoms with Crippen LogP contribution in [0.15, 0.2) is 36.5 Å². The maximum atomic E-state index is 6.05. The number of nitrogens with two attached hydrogens (primary N) is 1. The van der Waals surface area contributed by atoms with Gasteiger partial charge in [0, 0.05) is 18.3 Å². The van der Waals surface area contributed by atoms with Gasteiger partial charge in [0.25, 0.3) is 0 Å². The highest BCUT2D eigenvalue weighted by Crippen LogP contribution is 2.21. The molecule has 4 heteroatoms. The van der Waals surface area contributed by atoms with E-state index in [4.69, 9.17) is 10.5 Å². The summed E-state index contributed by atoms with van der Waals surface area (Å²) in [6.45, 7) is 6.81. The van der Waals surface area contributed by atoms with Crippen LogP contribution in [0.2, 0.25) is 0 Å². The molecule has 1 atom stereocenters. The van der Waals surface area contributed by atoms with Crippen LogP contribution in [0.1, 0.15) is 44.5 Å². The molecule has 114 valence electrons. The lowest BCUT2D eigenvalue weighted by Crippen LogP contribution is -2.21. The van der Waals surface area contributed by atoms with Crippen LogP contribution in [0.25, 0.3) is 0 Å². The Morgan fingerprint density at radius 3 is 2.67 bits per heavy atom. The van der Waals surface area contributed by atoms with E-state index in [1.54, 1.807) is 0 Å². The van der Waals surface area contributed by atoms with Crippen LogP contribution in [0.3, 0.4) is 0 Å². The highest BCUT2D eigenvalue weighted by molar-refractivity contribution is 5.34. The summed E-state index contributed by atoms with van der Waals surface area (Å²) in [6.07, 6.45) is 3.79. The van der Waals surface area contributed by atoms with Crippen molar-refractivity contribution < 1.29 is 4.74 Å². The van der Waals surface area contributed by atoms with Crippen LogP contribution in [0.4, 0.5) is 0 Å². The van der Waals surface area contributed by atoms with Crippen molar-refractivity contribution in [1.82, 2.24) is 9.78 Å². The quantitative estimate of drug-likeness (QED) is 0.850. The molecule has 1 heterocycles. The first-order valence-corrected chi connectivity index (χ1v) is 7.60. The summed E-state index contributed by atoms with van der Waals surface area (Å²) in [5.41, 5.74) is 8.15. The zero-order valence-electron chi connectivity index (χ0n) is 13.1. The number of ether oxygens (including phenoxy) is 1. The average Bonchev–Trinajstić information content (AvgIpc) is 2.95. The smallest absolute Gasteiger partial charge is 0.132 e. The molecule has 21 heavy (non-hydrogen) atoms. The highest BCUT2D eigenvalue weighted by Gasteiger charge is 2.08. The summed E-state index contributed by atoms with van der Waals surface area (Å²) in [4.78, 5) is 0. The number of nitrogens with zero attached hydrogens (tertiary/aromatic N) is 2. The second-order valence-corrected chi connectivity index (χ2v) is 5.65. The van der Waals surface area contributed by atoms with Gasteiger partial charge in [-0.25, -0.2) is 0 Å². The molecule has 0 saturated carbocycles. The normalized spacial score (nSPS) is 12.6. The molecule has 2 aromatic rings. The van der Waals surface area contributed by atoms with E-state index in [9.17, 15) is 0 Å². The van der Waals surface area contributed by atoms with Gasteiger partial charge in [0.15, 0.2) is 0 Å². The molecule has 0 aliphatic carbocycles. The minimum Gasteiger partial charge on any atom is -0.487 e. The molecule has 2 N–H and O–H groups in total. The van der Waals surface area contributed by atoms with Crippen LogP contribution < -0.4 is 10.5 Å². The topological polar surface area (TPSA) is 53.1 Å². The van der Waals surface area contributed by atoms with Crippen molar-refractivity contribution in [3.8, 4) is 5.75 Å². The third kappa shape index (κ3) is 4.33. The molecule has 4 nitrogen and oxygen atoms in total. The van der Waals surface area contributed by atoms with Crippen molar-refractivity contribution in [2.75, 3.05) is 0 Å². The highest BCUT2D eigenvalue weighted by atomic mass is 16.5. The van der Waals surface area contributed by atoms with E-state index in [0.717, 1.165) is 29.8 Å². The molecule has 0 amide bonds. The molecule has 0 fully saturated rings. The van der Waals surface area contributed by atoms with E-state index in [-0.39, 0.29) is 6.04 Å². The predicted molar refractivity (Wildman–Crippen MR) is 85.4 cm³/mol. The Morgan fingerprint density at radius 1 is 1.24 bits per heavy atom. The van der Waals surface area contributed by atoms with E-state index < -0.39 is 0 Å². The van der Waals surface area contributed by atoms with Gasteiger partial charge in [-0.2, -0.15) is 5.10 Å². The second-order valence-electron chi connectivity index (χ2n) is 5.65. The molecule has 0 radical (unpaired) electrons. The Bertz CT molecular complexity index is 563. The third-order valence-corrected chi connectivity index (χ3v) is 3.55. The lowest BCUT2D eigenvalue weighted by molar-refractivity contribution is 0.295.